The van der Waals surface area contributed by atoms with E-state index in [2.05, 4.69) is 0 Å². The lowest BCUT2D eigenvalue weighted by atomic mass is 10.0. The molecule has 0 saturated carbocycles. The number of amides is 2. The van der Waals surface area contributed by atoms with Crippen LogP contribution < -0.4 is 11.1 Å². The second kappa shape index (κ2) is 7.93. The van der Waals surface area contributed by atoms with Gasteiger partial charge in [0.05, 0.1) is 6.04 Å². The Balaban J connectivity index is 2.47. The van der Waals surface area contributed by atoms with Gasteiger partial charge in [-0.1, -0.05) is 0 Å². The lowest BCUT2D eigenvalue weighted by Crippen LogP contribution is -2.71. The number of aliphatic carboxylic acids is 1. The number of carbonyl (C=O) groups is 3. The molecule has 0 aromatic rings. The Morgan fingerprint density at radius 3 is 2.24 bits per heavy atom. The lowest BCUT2D eigenvalue weighted by molar-refractivity contribution is -0.809. The molecule has 15 heteroatoms. The highest BCUT2D eigenvalue weighted by molar-refractivity contribution is 7.85. The molecular weight excluding hydrogens is 366 g/mol. The molecule has 0 aromatic heterocycles. The molecule has 0 aromatic carbocycles. The van der Waals surface area contributed by atoms with E-state index in [4.69, 9.17) is 10.8 Å². The number of carbonyl (C=O) groups excluding carboxylic acids is 2. The molecule has 4 N–H and O–H groups in total. The van der Waals surface area contributed by atoms with Gasteiger partial charge in [-0.15, -0.1) is 0 Å². The van der Waals surface area contributed by atoms with Crippen LogP contribution in [0.15, 0.2) is 0 Å². The number of carboxylic acids is 1. The zero-order valence-corrected chi connectivity index (χ0v) is 13.5. The molecule has 14 nitrogen and oxygen atoms in total. The Bertz CT molecular complexity index is 616. The summed E-state index contributed by atoms with van der Waals surface area (Å²) in [6.45, 7) is -2.15. The molecular formula is C10H15N5O9S. The number of likely N-dealkylation sites (tertiary alicyclic amines) is 1. The first-order valence-electron chi connectivity index (χ1n) is 6.66. The van der Waals surface area contributed by atoms with E-state index in [-0.39, 0.29) is 0 Å². The number of hydrogen-bond donors (Lipinski definition) is 3. The van der Waals surface area contributed by atoms with Crippen LogP contribution in [-0.2, 0) is 25.2 Å². The quantitative estimate of drug-likeness (QED) is 0.202. The number of nitrogens with one attached hydrogen (secondary N) is 1. The minimum atomic E-state index is -2.45. The van der Waals surface area contributed by atoms with Crippen LogP contribution in [-0.4, -0.2) is 84.7 Å². The summed E-state index contributed by atoms with van der Waals surface area (Å²) in [4.78, 5) is 53.6. The van der Waals surface area contributed by atoms with E-state index in [0.717, 1.165) is 4.90 Å². The van der Waals surface area contributed by atoms with Crippen molar-refractivity contribution < 1.29 is 33.5 Å². The summed E-state index contributed by atoms with van der Waals surface area (Å²) >= 11 is 0. The van der Waals surface area contributed by atoms with Crippen molar-refractivity contribution in [3.05, 3.63) is 20.2 Å². The van der Waals surface area contributed by atoms with Gasteiger partial charge in [-0.3, -0.25) is 38.8 Å². The highest BCUT2D eigenvalue weighted by Crippen LogP contribution is 2.25. The maximum Gasteiger partial charge on any atom is 0.492 e. The first kappa shape index (κ1) is 20.4. The van der Waals surface area contributed by atoms with Crippen molar-refractivity contribution in [2.75, 3.05) is 31.1 Å². The van der Waals surface area contributed by atoms with E-state index in [9.17, 15) is 38.8 Å². The zero-order valence-electron chi connectivity index (χ0n) is 12.7. The van der Waals surface area contributed by atoms with Crippen molar-refractivity contribution >= 4 is 28.6 Å². The summed E-state index contributed by atoms with van der Waals surface area (Å²) in [7, 11) is -1.91. The van der Waals surface area contributed by atoms with Crippen LogP contribution in [0.2, 0.25) is 0 Å². The van der Waals surface area contributed by atoms with Gasteiger partial charge >= 0.3 is 11.6 Å². The van der Waals surface area contributed by atoms with Gasteiger partial charge in [-0.05, 0) is 0 Å². The summed E-state index contributed by atoms with van der Waals surface area (Å²) in [5.74, 6) is -4.04. The number of nitro groups is 2. The van der Waals surface area contributed by atoms with Gasteiger partial charge in [0, 0.05) is 16.6 Å². The van der Waals surface area contributed by atoms with E-state index in [1.165, 1.54) is 0 Å². The smallest absolute Gasteiger partial charge is 0.480 e. The van der Waals surface area contributed by atoms with E-state index in [1.807, 2.05) is 5.32 Å². The molecule has 2 amide bonds. The monoisotopic (exact) mass is 381 g/mol. The summed E-state index contributed by atoms with van der Waals surface area (Å²) in [5, 5.41) is 31.8. The van der Waals surface area contributed by atoms with Crippen LogP contribution in [0, 0.1) is 20.2 Å². The van der Waals surface area contributed by atoms with Crippen molar-refractivity contribution in [2.24, 2.45) is 5.73 Å². The number of nitrogens with zero attached hydrogens (tertiary/aromatic N) is 3. The molecule has 0 radical (unpaired) electrons. The number of carboxylic acid groups (broad SMARTS) is 1. The predicted octanol–water partition coefficient (Wildman–Crippen LogP) is -3.64. The van der Waals surface area contributed by atoms with E-state index in [1.54, 1.807) is 0 Å². The summed E-state index contributed by atoms with van der Waals surface area (Å²) in [5.41, 5.74) is 2.97. The summed E-state index contributed by atoms with van der Waals surface area (Å²) in [6.07, 6.45) is 0. The third-order valence-corrected chi connectivity index (χ3v) is 4.62. The Hall–Kier alpha value is -2.68. The third-order valence-electron chi connectivity index (χ3n) is 3.32. The first-order chi connectivity index (χ1) is 11.5. The molecule has 0 bridgehead atoms. The van der Waals surface area contributed by atoms with Crippen LogP contribution in [0.5, 0.6) is 0 Å². The normalized spacial score (nSPS) is 17.7. The zero-order chi connectivity index (χ0) is 19.4. The van der Waals surface area contributed by atoms with E-state index in [0.29, 0.717) is 0 Å². The Morgan fingerprint density at radius 1 is 1.28 bits per heavy atom. The summed E-state index contributed by atoms with van der Waals surface area (Å²) < 4.78 is 11.8. The minimum Gasteiger partial charge on any atom is -0.480 e. The Kier molecular flexibility index (Phi) is 6.46. The first-order valence-corrected chi connectivity index (χ1v) is 8.15. The Morgan fingerprint density at radius 2 is 1.80 bits per heavy atom. The molecule has 140 valence electrons. The van der Waals surface area contributed by atoms with Crippen LogP contribution in [0.4, 0.5) is 0 Å². The molecule has 1 aliphatic rings. The molecule has 2 unspecified atom stereocenters. The number of rotatable bonds is 9. The summed E-state index contributed by atoms with van der Waals surface area (Å²) in [6, 6.07) is -1.32. The number of nitrogens with two attached hydrogens (primary N) is 1. The fourth-order valence-corrected chi connectivity index (χ4v) is 3.02. The van der Waals surface area contributed by atoms with Gasteiger partial charge in [-0.2, -0.15) is 0 Å². The Labute approximate surface area is 142 Å². The van der Waals surface area contributed by atoms with Crippen LogP contribution >= 0.6 is 0 Å². The molecule has 2 atom stereocenters. The van der Waals surface area contributed by atoms with Gasteiger partial charge < -0.3 is 21.1 Å². The fraction of sp³-hybridized carbons (Fsp3) is 0.700. The van der Waals surface area contributed by atoms with Gasteiger partial charge in [0.15, 0.2) is 13.1 Å². The second-order valence-corrected chi connectivity index (χ2v) is 6.72. The van der Waals surface area contributed by atoms with Crippen LogP contribution in [0.3, 0.4) is 0 Å². The van der Waals surface area contributed by atoms with Crippen LogP contribution in [0.1, 0.15) is 0 Å². The second-order valence-electron chi connectivity index (χ2n) is 5.22. The van der Waals surface area contributed by atoms with Crippen molar-refractivity contribution in [1.29, 1.82) is 0 Å². The molecule has 0 aliphatic carbocycles. The average molecular weight is 381 g/mol. The van der Waals surface area contributed by atoms with Gasteiger partial charge in [0.25, 0.3) is 0 Å². The molecule has 1 aliphatic heterocycles. The van der Waals surface area contributed by atoms with Crippen molar-refractivity contribution in [3.8, 4) is 0 Å². The molecule has 1 saturated heterocycles. The van der Waals surface area contributed by atoms with E-state index >= 15 is 0 Å². The molecule has 1 heterocycles. The number of hydrogen-bond acceptors (Lipinski definition) is 9. The van der Waals surface area contributed by atoms with Crippen molar-refractivity contribution in [3.63, 3.8) is 0 Å². The standard InChI is InChI=1S/C10H15N5O9S/c11-6(9(19)12-1-8(17)18)2-25(24)3-7(16)13-4-10(5-13,14(20)21)15(22)23/h6H,1-5,11H2,(H,12,19)(H,17,18). The SMILES string of the molecule is NC(CS(=O)CC(=O)N1CC([N+](=O)[O-])([N+](=O)[O-])C1)C(=O)NCC(=O)O. The molecule has 0 spiro atoms. The fourth-order valence-electron chi connectivity index (χ4n) is 1.90. The molecule has 1 fully saturated rings. The third kappa shape index (κ3) is 4.90. The van der Waals surface area contributed by atoms with Gasteiger partial charge in [0.2, 0.25) is 11.8 Å². The lowest BCUT2D eigenvalue weighted by Gasteiger charge is -2.35. The largest absolute Gasteiger partial charge is 0.492 e. The minimum absolute atomic E-state index is 0.444. The van der Waals surface area contributed by atoms with Crippen LogP contribution in [0.25, 0.3) is 0 Å². The highest BCUT2D eigenvalue weighted by atomic mass is 32.2. The topological polar surface area (TPSA) is 216 Å². The van der Waals surface area contributed by atoms with Crippen molar-refractivity contribution in [1.82, 2.24) is 10.2 Å². The molecule has 1 rings (SSSR count). The molecule has 25 heavy (non-hydrogen) atoms. The predicted molar refractivity (Wildman–Crippen MR) is 79.8 cm³/mol. The average Bonchev–Trinajstić information content (AvgIpc) is 2.42. The van der Waals surface area contributed by atoms with Gasteiger partial charge in [-0.25, -0.2) is 0 Å². The maximum atomic E-state index is 11.8. The van der Waals surface area contributed by atoms with Crippen molar-refractivity contribution in [2.45, 2.75) is 11.7 Å². The highest BCUT2D eigenvalue weighted by Gasteiger charge is 2.67. The van der Waals surface area contributed by atoms with E-state index < -0.39 is 81.3 Å². The maximum absolute atomic E-state index is 11.8. The van der Waals surface area contributed by atoms with Gasteiger partial charge in [0.1, 0.15) is 22.1 Å².